The smallest absolute Gasteiger partial charge is 0.306 e. The highest BCUT2D eigenvalue weighted by Gasteiger charge is 2.37. The van der Waals surface area contributed by atoms with Gasteiger partial charge < -0.3 is 14.6 Å². The third-order valence-electron chi connectivity index (χ3n) is 7.62. The number of fused-ring (bicyclic) bond motifs is 2. The number of pyridine rings is 1. The van der Waals surface area contributed by atoms with E-state index in [1.165, 1.54) is 6.07 Å². The van der Waals surface area contributed by atoms with Gasteiger partial charge in [-0.15, -0.1) is 0 Å². The SMILES string of the molecule is CC(C)c1nc(OC2CC(C(=O)O)C2)c2cc3c(cnn3C3CCCCO3)cc2c1-c1ccc(F)c(F)c1. The van der Waals surface area contributed by atoms with Gasteiger partial charge in [-0.05, 0) is 73.2 Å². The quantitative estimate of drug-likeness (QED) is 0.308. The van der Waals surface area contributed by atoms with Crippen molar-refractivity contribution in [1.29, 1.82) is 0 Å². The van der Waals surface area contributed by atoms with Gasteiger partial charge in [-0.3, -0.25) is 4.79 Å². The second-order valence-corrected chi connectivity index (χ2v) is 10.6. The Hall–Kier alpha value is -3.59. The molecule has 6 rings (SSSR count). The first-order valence-electron chi connectivity index (χ1n) is 13.1. The molecule has 1 unspecified atom stereocenters. The number of carboxylic acid groups (broad SMARTS) is 1. The van der Waals surface area contributed by atoms with Crippen molar-refractivity contribution in [3.05, 3.63) is 53.9 Å². The van der Waals surface area contributed by atoms with Crippen LogP contribution in [-0.2, 0) is 9.53 Å². The standard InChI is InChI=1S/C29H29F2N3O4/c1-15(2)27-26(16-6-7-22(30)23(31)12-16)20-11-18-14-32-34(25-5-3-4-8-37-25)24(18)13-21(20)28(33-27)38-19-9-17(10-19)29(35)36/h6-7,11-15,17,19,25H,3-5,8-10H2,1-2H3,(H,35,36). The lowest BCUT2D eigenvalue weighted by Crippen LogP contribution is -2.38. The number of rotatable bonds is 6. The predicted octanol–water partition coefficient (Wildman–Crippen LogP) is 6.59. The molecule has 4 aromatic rings. The number of hydrogen-bond donors (Lipinski definition) is 1. The van der Waals surface area contributed by atoms with Crippen molar-refractivity contribution >= 4 is 27.6 Å². The van der Waals surface area contributed by atoms with Crippen LogP contribution in [0.1, 0.15) is 63.8 Å². The van der Waals surface area contributed by atoms with Gasteiger partial charge in [0.05, 0.1) is 23.3 Å². The largest absolute Gasteiger partial charge is 0.481 e. The zero-order chi connectivity index (χ0) is 26.6. The third-order valence-corrected chi connectivity index (χ3v) is 7.62. The highest BCUT2D eigenvalue weighted by atomic mass is 19.2. The number of halogens is 2. The molecule has 0 bridgehead atoms. The Morgan fingerprint density at radius 2 is 1.95 bits per heavy atom. The van der Waals surface area contributed by atoms with E-state index >= 15 is 0 Å². The van der Waals surface area contributed by atoms with Crippen LogP contribution < -0.4 is 4.74 Å². The molecule has 1 saturated heterocycles. The Balaban J connectivity index is 1.56. The van der Waals surface area contributed by atoms with Crippen LogP contribution in [0, 0.1) is 17.6 Å². The molecular weight excluding hydrogens is 492 g/mol. The summed E-state index contributed by atoms with van der Waals surface area (Å²) in [4.78, 5) is 16.3. The highest BCUT2D eigenvalue weighted by Crippen LogP contribution is 2.43. The molecule has 2 aromatic heterocycles. The van der Waals surface area contributed by atoms with Crippen molar-refractivity contribution in [2.24, 2.45) is 5.92 Å². The summed E-state index contributed by atoms with van der Waals surface area (Å²) in [5, 5.41) is 16.3. The van der Waals surface area contributed by atoms with E-state index in [0.29, 0.717) is 47.5 Å². The van der Waals surface area contributed by atoms with Crippen LogP contribution in [0.2, 0.25) is 0 Å². The molecule has 2 fully saturated rings. The topological polar surface area (TPSA) is 86.5 Å². The number of benzene rings is 2. The van der Waals surface area contributed by atoms with Crippen molar-refractivity contribution in [3.63, 3.8) is 0 Å². The van der Waals surface area contributed by atoms with Crippen molar-refractivity contribution in [2.75, 3.05) is 6.61 Å². The molecule has 2 aliphatic rings. The lowest BCUT2D eigenvalue weighted by atomic mass is 9.82. The monoisotopic (exact) mass is 521 g/mol. The van der Waals surface area contributed by atoms with Crippen molar-refractivity contribution in [3.8, 4) is 17.0 Å². The lowest BCUT2D eigenvalue weighted by Gasteiger charge is -2.32. The number of carboxylic acids is 1. The molecule has 198 valence electrons. The Labute approximate surface area is 218 Å². The Morgan fingerprint density at radius 1 is 1.13 bits per heavy atom. The van der Waals surface area contributed by atoms with E-state index in [-0.39, 0.29) is 18.2 Å². The fraction of sp³-hybridized carbons (Fsp3) is 0.414. The van der Waals surface area contributed by atoms with Crippen molar-refractivity contribution in [2.45, 2.75) is 64.2 Å². The van der Waals surface area contributed by atoms with Gasteiger partial charge in [-0.25, -0.2) is 18.4 Å². The maximum absolute atomic E-state index is 14.4. The van der Waals surface area contributed by atoms with Crippen LogP contribution >= 0.6 is 0 Å². The summed E-state index contributed by atoms with van der Waals surface area (Å²) in [6.07, 6.45) is 5.13. The Kier molecular flexibility index (Phi) is 6.26. The first-order chi connectivity index (χ1) is 18.3. The van der Waals surface area contributed by atoms with Gasteiger partial charge in [0.15, 0.2) is 17.9 Å². The molecule has 9 heteroatoms. The lowest BCUT2D eigenvalue weighted by molar-refractivity contribution is -0.148. The maximum Gasteiger partial charge on any atom is 0.306 e. The van der Waals surface area contributed by atoms with E-state index < -0.39 is 23.5 Å². The summed E-state index contributed by atoms with van der Waals surface area (Å²) in [6, 6.07) is 7.86. The number of aliphatic carboxylic acids is 1. The van der Waals surface area contributed by atoms with E-state index in [2.05, 4.69) is 5.10 Å². The summed E-state index contributed by atoms with van der Waals surface area (Å²) >= 11 is 0. The molecule has 1 N–H and O–H groups in total. The fourth-order valence-corrected chi connectivity index (χ4v) is 5.47. The summed E-state index contributed by atoms with van der Waals surface area (Å²) in [7, 11) is 0. The van der Waals surface area contributed by atoms with Crippen LogP contribution in [0.15, 0.2) is 36.5 Å². The minimum absolute atomic E-state index is 0.0490. The summed E-state index contributed by atoms with van der Waals surface area (Å²) in [5.41, 5.74) is 2.78. The van der Waals surface area contributed by atoms with Gasteiger partial charge in [0.25, 0.3) is 0 Å². The second kappa shape index (κ2) is 9.62. The maximum atomic E-state index is 14.4. The first-order valence-corrected chi connectivity index (χ1v) is 13.1. The van der Waals surface area contributed by atoms with Crippen molar-refractivity contribution in [1.82, 2.24) is 14.8 Å². The minimum atomic E-state index is -0.928. The van der Waals surface area contributed by atoms with E-state index in [0.717, 1.165) is 41.6 Å². The molecule has 0 spiro atoms. The summed E-state index contributed by atoms with van der Waals surface area (Å²) < 4.78 is 42.4. The van der Waals surface area contributed by atoms with Gasteiger partial charge in [0.2, 0.25) is 5.88 Å². The average molecular weight is 522 g/mol. The van der Waals surface area contributed by atoms with E-state index in [1.807, 2.05) is 30.7 Å². The minimum Gasteiger partial charge on any atom is -0.481 e. The van der Waals surface area contributed by atoms with E-state index in [4.69, 9.17) is 14.5 Å². The number of carbonyl (C=O) groups is 1. The number of nitrogens with zero attached hydrogens (tertiary/aromatic N) is 3. The molecular formula is C29H29F2N3O4. The first kappa shape index (κ1) is 24.7. The molecule has 1 aliphatic heterocycles. The van der Waals surface area contributed by atoms with E-state index in [1.54, 1.807) is 12.3 Å². The molecule has 38 heavy (non-hydrogen) atoms. The highest BCUT2D eigenvalue weighted by molar-refractivity contribution is 6.06. The molecule has 2 aromatic carbocycles. The average Bonchev–Trinajstić information content (AvgIpc) is 3.29. The molecule has 1 atom stereocenters. The molecule has 1 saturated carbocycles. The number of aromatic nitrogens is 3. The van der Waals surface area contributed by atoms with Gasteiger partial charge in [0.1, 0.15) is 6.10 Å². The summed E-state index contributed by atoms with van der Waals surface area (Å²) in [6.45, 7) is 4.66. The zero-order valence-corrected chi connectivity index (χ0v) is 21.3. The molecule has 7 nitrogen and oxygen atoms in total. The zero-order valence-electron chi connectivity index (χ0n) is 21.3. The molecule has 0 radical (unpaired) electrons. The normalized spacial score (nSPS) is 21.7. The summed E-state index contributed by atoms with van der Waals surface area (Å²) in [5.74, 6) is -2.73. The van der Waals surface area contributed by atoms with Gasteiger partial charge >= 0.3 is 5.97 Å². The van der Waals surface area contributed by atoms with Crippen LogP contribution in [0.5, 0.6) is 5.88 Å². The van der Waals surface area contributed by atoms with Gasteiger partial charge in [-0.2, -0.15) is 5.10 Å². The van der Waals surface area contributed by atoms with Crippen LogP contribution in [-0.4, -0.2) is 38.6 Å². The molecule has 1 aliphatic carbocycles. The Bertz CT molecular complexity index is 1540. The molecule has 0 amide bonds. The van der Waals surface area contributed by atoms with Gasteiger partial charge in [-0.1, -0.05) is 19.9 Å². The second-order valence-electron chi connectivity index (χ2n) is 10.6. The van der Waals surface area contributed by atoms with Crippen molar-refractivity contribution < 1.29 is 28.2 Å². The number of ether oxygens (including phenoxy) is 2. The van der Waals surface area contributed by atoms with Crippen LogP contribution in [0.25, 0.3) is 32.8 Å². The van der Waals surface area contributed by atoms with E-state index in [9.17, 15) is 18.7 Å². The predicted molar refractivity (Wildman–Crippen MR) is 138 cm³/mol. The number of hydrogen-bond acceptors (Lipinski definition) is 5. The Morgan fingerprint density at radius 3 is 2.63 bits per heavy atom. The van der Waals surface area contributed by atoms with Gasteiger partial charge in [0, 0.05) is 22.9 Å². The molecule has 3 heterocycles. The fourth-order valence-electron chi connectivity index (χ4n) is 5.47. The van der Waals surface area contributed by atoms with Crippen LogP contribution in [0.4, 0.5) is 8.78 Å². The van der Waals surface area contributed by atoms with Crippen LogP contribution in [0.3, 0.4) is 0 Å². The third kappa shape index (κ3) is 4.28.